The highest BCUT2D eigenvalue weighted by atomic mass is 16.8. The van der Waals surface area contributed by atoms with Gasteiger partial charge >= 0.3 is 12.1 Å². The van der Waals surface area contributed by atoms with Gasteiger partial charge in [0.15, 0.2) is 30.1 Å². The molecule has 3 fully saturated rings. The highest BCUT2D eigenvalue weighted by molar-refractivity contribution is 5.82. The predicted octanol–water partition coefficient (Wildman–Crippen LogP) is 3.46. The molecule has 2 aromatic rings. The number of benzene rings is 2. The van der Waals surface area contributed by atoms with Crippen molar-refractivity contribution in [2.75, 3.05) is 6.61 Å². The molecule has 39 heavy (non-hydrogen) atoms. The molecule has 0 bridgehead atoms. The minimum Gasteiger partial charge on any atom is -0.455 e. The number of amides is 1. The molecule has 3 saturated heterocycles. The highest BCUT2D eigenvalue weighted by Gasteiger charge is 2.60. The summed E-state index contributed by atoms with van der Waals surface area (Å²) >= 11 is 0. The molecule has 10 nitrogen and oxygen atoms in total. The Kier molecular flexibility index (Phi) is 7.93. The van der Waals surface area contributed by atoms with Crippen LogP contribution in [0.3, 0.4) is 0 Å². The first kappa shape index (κ1) is 27.5. The van der Waals surface area contributed by atoms with Gasteiger partial charge in [0.25, 0.3) is 0 Å². The summed E-state index contributed by atoms with van der Waals surface area (Å²) in [6, 6.07) is 17.6. The lowest BCUT2D eigenvalue weighted by molar-refractivity contribution is -0.235. The molecule has 0 aromatic heterocycles. The summed E-state index contributed by atoms with van der Waals surface area (Å²) in [6.45, 7) is 7.47. The van der Waals surface area contributed by atoms with Crippen LogP contribution in [0.1, 0.15) is 38.8 Å². The molecular formula is C29H35NO9. The van der Waals surface area contributed by atoms with E-state index in [-0.39, 0.29) is 19.6 Å². The van der Waals surface area contributed by atoms with Crippen LogP contribution in [0.25, 0.3) is 0 Å². The molecule has 0 unspecified atom stereocenters. The number of rotatable bonds is 8. The Morgan fingerprint density at radius 2 is 1.56 bits per heavy atom. The number of carbonyl (C=O) groups is 2. The molecule has 3 aliphatic rings. The van der Waals surface area contributed by atoms with E-state index in [1.165, 1.54) is 0 Å². The lowest BCUT2D eigenvalue weighted by Crippen LogP contribution is -2.50. The van der Waals surface area contributed by atoms with Crippen LogP contribution in [0, 0.1) is 0 Å². The van der Waals surface area contributed by atoms with Crippen LogP contribution in [0.4, 0.5) is 4.79 Å². The number of hydrogen-bond acceptors (Lipinski definition) is 9. The van der Waals surface area contributed by atoms with E-state index in [0.29, 0.717) is 0 Å². The van der Waals surface area contributed by atoms with Gasteiger partial charge in [-0.25, -0.2) is 9.59 Å². The van der Waals surface area contributed by atoms with Gasteiger partial charge in [0.1, 0.15) is 24.9 Å². The first-order valence-corrected chi connectivity index (χ1v) is 13.1. The van der Waals surface area contributed by atoms with Crippen molar-refractivity contribution in [2.45, 2.75) is 89.0 Å². The maximum absolute atomic E-state index is 13.6. The number of nitrogens with one attached hydrogen (secondary N) is 1. The minimum absolute atomic E-state index is 0.0666. The van der Waals surface area contributed by atoms with E-state index in [2.05, 4.69) is 5.32 Å². The monoisotopic (exact) mass is 541 g/mol. The average Bonchev–Trinajstić information content (AvgIpc) is 3.52. The van der Waals surface area contributed by atoms with E-state index in [0.717, 1.165) is 11.1 Å². The van der Waals surface area contributed by atoms with Crippen molar-refractivity contribution in [2.24, 2.45) is 0 Å². The number of ether oxygens (including phenoxy) is 7. The Labute approximate surface area is 227 Å². The van der Waals surface area contributed by atoms with Crippen LogP contribution in [0.2, 0.25) is 0 Å². The third-order valence-corrected chi connectivity index (χ3v) is 6.75. The maximum Gasteiger partial charge on any atom is 0.408 e. The molecule has 0 saturated carbocycles. The molecule has 0 spiro atoms. The second kappa shape index (κ2) is 11.2. The van der Waals surface area contributed by atoms with Crippen molar-refractivity contribution in [3.63, 3.8) is 0 Å². The third-order valence-electron chi connectivity index (χ3n) is 6.75. The second-order valence-electron chi connectivity index (χ2n) is 10.8. The van der Waals surface area contributed by atoms with Crippen LogP contribution in [-0.2, 0) is 51.0 Å². The Morgan fingerprint density at radius 1 is 0.897 bits per heavy atom. The van der Waals surface area contributed by atoms with Gasteiger partial charge in [-0.15, -0.1) is 0 Å². The van der Waals surface area contributed by atoms with Gasteiger partial charge in [-0.2, -0.15) is 0 Å². The SMILES string of the molecule is CC1(C)O[C@H]2O[C@H]([C@@H]3COC(C)(C)O3)[C@@H](OC(=O)[C@@H](Cc3ccccc3)NC(=O)OCc3ccccc3)[C@H]2O1. The van der Waals surface area contributed by atoms with Crippen LogP contribution in [0.15, 0.2) is 60.7 Å². The largest absolute Gasteiger partial charge is 0.455 e. The maximum atomic E-state index is 13.6. The van der Waals surface area contributed by atoms with Crippen molar-refractivity contribution < 1.29 is 42.7 Å². The summed E-state index contributed by atoms with van der Waals surface area (Å²) in [5, 5.41) is 2.68. The van der Waals surface area contributed by atoms with Crippen molar-refractivity contribution in [3.8, 4) is 0 Å². The topological polar surface area (TPSA) is 111 Å². The van der Waals surface area contributed by atoms with Gasteiger partial charge in [-0.3, -0.25) is 0 Å². The molecule has 5 rings (SSSR count). The summed E-state index contributed by atoms with van der Waals surface area (Å²) in [5.41, 5.74) is 1.67. The Morgan fingerprint density at radius 3 is 2.21 bits per heavy atom. The lowest BCUT2D eigenvalue weighted by atomic mass is 10.0. The lowest BCUT2D eigenvalue weighted by Gasteiger charge is -2.30. The van der Waals surface area contributed by atoms with Crippen molar-refractivity contribution >= 4 is 12.1 Å². The summed E-state index contributed by atoms with van der Waals surface area (Å²) in [6.07, 6.45) is -4.00. The van der Waals surface area contributed by atoms with Gasteiger partial charge in [0, 0.05) is 6.42 Å². The van der Waals surface area contributed by atoms with E-state index in [4.69, 9.17) is 33.2 Å². The van der Waals surface area contributed by atoms with Gasteiger partial charge in [0.2, 0.25) is 0 Å². The van der Waals surface area contributed by atoms with Gasteiger partial charge in [0.05, 0.1) is 6.61 Å². The van der Waals surface area contributed by atoms with E-state index in [9.17, 15) is 9.59 Å². The van der Waals surface area contributed by atoms with Crippen LogP contribution < -0.4 is 5.32 Å². The van der Waals surface area contributed by atoms with Gasteiger partial charge in [-0.1, -0.05) is 60.7 Å². The summed E-state index contributed by atoms with van der Waals surface area (Å²) in [7, 11) is 0. The number of hydrogen-bond donors (Lipinski definition) is 1. The van der Waals surface area contributed by atoms with Crippen LogP contribution in [-0.4, -0.2) is 67.0 Å². The van der Waals surface area contributed by atoms with E-state index < -0.39 is 60.4 Å². The number of alkyl carbamates (subject to hydrolysis) is 1. The molecule has 210 valence electrons. The number of esters is 1. The first-order valence-electron chi connectivity index (χ1n) is 13.1. The fourth-order valence-corrected chi connectivity index (χ4v) is 4.98. The zero-order chi connectivity index (χ0) is 27.6. The summed E-state index contributed by atoms with van der Waals surface area (Å²) in [4.78, 5) is 26.4. The molecule has 1 N–H and O–H groups in total. The second-order valence-corrected chi connectivity index (χ2v) is 10.8. The zero-order valence-corrected chi connectivity index (χ0v) is 22.5. The molecule has 2 aromatic carbocycles. The zero-order valence-electron chi connectivity index (χ0n) is 22.5. The molecular weight excluding hydrogens is 506 g/mol. The van der Waals surface area contributed by atoms with E-state index >= 15 is 0 Å². The summed E-state index contributed by atoms with van der Waals surface area (Å²) in [5.74, 6) is -2.37. The normalized spacial score (nSPS) is 29.4. The smallest absolute Gasteiger partial charge is 0.408 e. The fraction of sp³-hybridized carbons (Fsp3) is 0.517. The molecule has 3 aliphatic heterocycles. The average molecular weight is 542 g/mol. The minimum atomic E-state index is -1.03. The molecule has 3 heterocycles. The highest BCUT2D eigenvalue weighted by Crippen LogP contribution is 2.42. The predicted molar refractivity (Wildman–Crippen MR) is 137 cm³/mol. The summed E-state index contributed by atoms with van der Waals surface area (Å²) < 4.78 is 41.3. The Bertz CT molecular complexity index is 1140. The molecule has 1 amide bonds. The van der Waals surface area contributed by atoms with Crippen LogP contribution >= 0.6 is 0 Å². The van der Waals surface area contributed by atoms with E-state index in [1.54, 1.807) is 27.7 Å². The molecule has 10 heteroatoms. The Balaban J connectivity index is 1.31. The van der Waals surface area contributed by atoms with Gasteiger partial charge < -0.3 is 38.5 Å². The van der Waals surface area contributed by atoms with Crippen molar-refractivity contribution in [3.05, 3.63) is 71.8 Å². The standard InChI is InChI=1S/C29H35NO9/c1-28(2)34-17-21(37-28)22-23(24-26(36-22)39-29(3,4)38-24)35-25(31)20(15-18-11-7-5-8-12-18)30-27(32)33-16-19-13-9-6-10-14-19/h5-14,20-24,26H,15-17H2,1-4H3,(H,30,32)/t20-,21+,22-,23-,24-,26-/m1/s1. The molecule has 0 aliphatic carbocycles. The van der Waals surface area contributed by atoms with Crippen molar-refractivity contribution in [1.29, 1.82) is 0 Å². The van der Waals surface area contributed by atoms with Crippen molar-refractivity contribution in [1.82, 2.24) is 5.32 Å². The fourth-order valence-electron chi connectivity index (χ4n) is 4.98. The third kappa shape index (κ3) is 6.77. The quantitative estimate of drug-likeness (QED) is 0.502. The Hall–Kier alpha value is -3.02. The number of carbonyl (C=O) groups excluding carboxylic acids is 2. The molecule has 6 atom stereocenters. The first-order chi connectivity index (χ1) is 18.6. The molecule has 0 radical (unpaired) electrons. The van der Waals surface area contributed by atoms with Crippen LogP contribution in [0.5, 0.6) is 0 Å². The van der Waals surface area contributed by atoms with E-state index in [1.807, 2.05) is 60.7 Å². The number of fused-ring (bicyclic) bond motifs is 1. The van der Waals surface area contributed by atoms with Gasteiger partial charge in [-0.05, 0) is 38.8 Å².